The van der Waals surface area contributed by atoms with Gasteiger partial charge in [-0.15, -0.1) is 0 Å². The second-order valence-corrected chi connectivity index (χ2v) is 4.67. The molecule has 0 fully saturated rings. The zero-order valence-corrected chi connectivity index (χ0v) is 11.5. The van der Waals surface area contributed by atoms with Gasteiger partial charge in [0, 0.05) is 24.4 Å². The third kappa shape index (κ3) is 5.68. The van der Waals surface area contributed by atoms with Crippen molar-refractivity contribution in [2.45, 2.75) is 58.2 Å². The Morgan fingerprint density at radius 2 is 2.05 bits per heavy atom. The molecule has 1 rings (SSSR count). The third-order valence-corrected chi connectivity index (χ3v) is 3.07. The van der Waals surface area contributed by atoms with Gasteiger partial charge < -0.3 is 9.73 Å². The monoisotopic (exact) mass is 277 g/mol. The van der Waals surface area contributed by atoms with E-state index in [1.807, 2.05) is 19.9 Å². The van der Waals surface area contributed by atoms with Crippen LogP contribution in [0.25, 0.3) is 0 Å². The van der Waals surface area contributed by atoms with Gasteiger partial charge in [-0.1, -0.05) is 13.8 Å². The van der Waals surface area contributed by atoms with E-state index in [1.165, 1.54) is 0 Å². The number of aryl methyl sites for hydroxylation is 1. The van der Waals surface area contributed by atoms with Crippen LogP contribution in [-0.2, 0) is 6.42 Å². The summed E-state index contributed by atoms with van der Waals surface area (Å²) in [6, 6.07) is 1.82. The quantitative estimate of drug-likeness (QED) is 0.750. The number of alkyl halides is 3. The minimum Gasteiger partial charge on any atom is -0.469 e. The van der Waals surface area contributed by atoms with Gasteiger partial charge in [-0.2, -0.15) is 13.2 Å². The highest BCUT2D eigenvalue weighted by Gasteiger charge is 2.27. The predicted molar refractivity (Wildman–Crippen MR) is 69.0 cm³/mol. The fourth-order valence-corrected chi connectivity index (χ4v) is 2.14. The summed E-state index contributed by atoms with van der Waals surface area (Å²) in [5, 5.41) is 3.31. The SMILES string of the molecule is CCCNC(CCCC(F)(F)F)c1ccoc1CC. The fourth-order valence-electron chi connectivity index (χ4n) is 2.14. The van der Waals surface area contributed by atoms with Crippen molar-refractivity contribution in [2.75, 3.05) is 6.54 Å². The lowest BCUT2D eigenvalue weighted by atomic mass is 10.00. The minimum atomic E-state index is -4.07. The van der Waals surface area contributed by atoms with E-state index in [9.17, 15) is 13.2 Å². The first-order chi connectivity index (χ1) is 8.98. The van der Waals surface area contributed by atoms with Crippen molar-refractivity contribution < 1.29 is 17.6 Å². The molecule has 1 aromatic heterocycles. The molecular weight excluding hydrogens is 255 g/mol. The Labute approximate surface area is 112 Å². The maximum absolute atomic E-state index is 12.2. The van der Waals surface area contributed by atoms with Crippen LogP contribution in [0.1, 0.15) is 56.9 Å². The molecule has 5 heteroatoms. The van der Waals surface area contributed by atoms with Gasteiger partial charge in [0.05, 0.1) is 6.26 Å². The summed E-state index contributed by atoms with van der Waals surface area (Å²) >= 11 is 0. The summed E-state index contributed by atoms with van der Waals surface area (Å²) in [5.74, 6) is 0.862. The van der Waals surface area contributed by atoms with Gasteiger partial charge in [0.2, 0.25) is 0 Å². The number of halogens is 3. The van der Waals surface area contributed by atoms with E-state index in [-0.39, 0.29) is 12.5 Å². The van der Waals surface area contributed by atoms with E-state index in [0.29, 0.717) is 6.42 Å². The second-order valence-electron chi connectivity index (χ2n) is 4.67. The van der Waals surface area contributed by atoms with Crippen molar-refractivity contribution in [1.29, 1.82) is 0 Å². The Morgan fingerprint density at radius 3 is 2.63 bits per heavy atom. The van der Waals surface area contributed by atoms with Crippen molar-refractivity contribution in [2.24, 2.45) is 0 Å². The lowest BCUT2D eigenvalue weighted by molar-refractivity contribution is -0.135. The van der Waals surface area contributed by atoms with E-state index in [0.717, 1.165) is 30.7 Å². The normalized spacial score (nSPS) is 13.7. The molecule has 0 aliphatic heterocycles. The van der Waals surface area contributed by atoms with Gasteiger partial charge in [0.1, 0.15) is 5.76 Å². The summed E-state index contributed by atoms with van der Waals surface area (Å²) in [6.07, 6.45) is -0.860. The second kappa shape index (κ2) is 7.58. The van der Waals surface area contributed by atoms with Crippen LogP contribution in [0.3, 0.4) is 0 Å². The molecule has 0 amide bonds. The molecule has 1 atom stereocenters. The Kier molecular flexibility index (Phi) is 6.42. The number of furan rings is 1. The van der Waals surface area contributed by atoms with Crippen molar-refractivity contribution in [1.82, 2.24) is 5.32 Å². The molecule has 1 heterocycles. The first-order valence-electron chi connectivity index (χ1n) is 6.84. The predicted octanol–water partition coefficient (Wildman–Crippen LogP) is 4.62. The number of hydrogen-bond donors (Lipinski definition) is 1. The Hall–Kier alpha value is -0.970. The van der Waals surface area contributed by atoms with Crippen LogP contribution >= 0.6 is 0 Å². The van der Waals surface area contributed by atoms with Crippen molar-refractivity contribution in [3.05, 3.63) is 23.7 Å². The molecule has 19 heavy (non-hydrogen) atoms. The lowest BCUT2D eigenvalue weighted by Gasteiger charge is -2.19. The van der Waals surface area contributed by atoms with Crippen molar-refractivity contribution in [3.63, 3.8) is 0 Å². The highest BCUT2D eigenvalue weighted by Crippen LogP contribution is 2.28. The highest BCUT2D eigenvalue weighted by atomic mass is 19.4. The van der Waals surface area contributed by atoms with Gasteiger partial charge in [-0.3, -0.25) is 0 Å². The van der Waals surface area contributed by atoms with Crippen LogP contribution in [0.4, 0.5) is 13.2 Å². The maximum Gasteiger partial charge on any atom is 0.389 e. The molecule has 0 aliphatic rings. The summed E-state index contributed by atoms with van der Waals surface area (Å²) in [7, 11) is 0. The van der Waals surface area contributed by atoms with E-state index >= 15 is 0 Å². The standard InChI is InChI=1S/C14H22F3NO/c1-3-9-18-12(6-5-8-14(15,16)17)11-7-10-19-13(11)4-2/h7,10,12,18H,3-6,8-9H2,1-2H3. The van der Waals surface area contributed by atoms with Crippen LogP contribution in [0.2, 0.25) is 0 Å². The highest BCUT2D eigenvalue weighted by molar-refractivity contribution is 5.21. The summed E-state index contributed by atoms with van der Waals surface area (Å²) < 4.78 is 42.0. The number of rotatable bonds is 8. The van der Waals surface area contributed by atoms with Crippen LogP contribution in [0, 0.1) is 0 Å². The number of hydrogen-bond acceptors (Lipinski definition) is 2. The largest absolute Gasteiger partial charge is 0.469 e. The summed E-state index contributed by atoms with van der Waals surface area (Å²) in [5.41, 5.74) is 0.998. The van der Waals surface area contributed by atoms with Gasteiger partial charge in [-0.25, -0.2) is 0 Å². The molecule has 1 aromatic rings. The Morgan fingerprint density at radius 1 is 1.32 bits per heavy atom. The zero-order valence-electron chi connectivity index (χ0n) is 11.5. The van der Waals surface area contributed by atoms with Gasteiger partial charge in [-0.05, 0) is 31.9 Å². The van der Waals surface area contributed by atoms with Gasteiger partial charge >= 0.3 is 6.18 Å². The topological polar surface area (TPSA) is 25.2 Å². The summed E-state index contributed by atoms with van der Waals surface area (Å²) in [6.45, 7) is 4.82. The average molecular weight is 277 g/mol. The molecule has 0 spiro atoms. The molecule has 0 saturated carbocycles. The van der Waals surface area contributed by atoms with Gasteiger partial charge in [0.15, 0.2) is 0 Å². The third-order valence-electron chi connectivity index (χ3n) is 3.07. The maximum atomic E-state index is 12.2. The molecule has 0 saturated heterocycles. The molecule has 0 bridgehead atoms. The molecule has 1 N–H and O–H groups in total. The average Bonchev–Trinajstić information content (AvgIpc) is 2.80. The van der Waals surface area contributed by atoms with Crippen LogP contribution < -0.4 is 5.32 Å². The van der Waals surface area contributed by atoms with E-state index in [4.69, 9.17) is 4.42 Å². The Balaban J connectivity index is 2.61. The van der Waals surface area contributed by atoms with E-state index in [2.05, 4.69) is 5.32 Å². The van der Waals surface area contributed by atoms with Crippen LogP contribution in [0.5, 0.6) is 0 Å². The smallest absolute Gasteiger partial charge is 0.389 e. The van der Waals surface area contributed by atoms with Crippen molar-refractivity contribution >= 4 is 0 Å². The van der Waals surface area contributed by atoms with E-state index in [1.54, 1.807) is 6.26 Å². The first kappa shape index (κ1) is 16.1. The molecule has 0 aromatic carbocycles. The molecule has 2 nitrogen and oxygen atoms in total. The summed E-state index contributed by atoms with van der Waals surface area (Å²) in [4.78, 5) is 0. The molecule has 0 aliphatic carbocycles. The molecule has 1 unspecified atom stereocenters. The zero-order chi connectivity index (χ0) is 14.3. The molecule has 110 valence electrons. The first-order valence-corrected chi connectivity index (χ1v) is 6.84. The molecular formula is C14H22F3NO. The van der Waals surface area contributed by atoms with Crippen LogP contribution in [-0.4, -0.2) is 12.7 Å². The molecule has 0 radical (unpaired) electrons. The van der Waals surface area contributed by atoms with E-state index < -0.39 is 12.6 Å². The van der Waals surface area contributed by atoms with Crippen molar-refractivity contribution in [3.8, 4) is 0 Å². The fraction of sp³-hybridized carbons (Fsp3) is 0.714. The Bertz CT molecular complexity index is 360. The van der Waals surface area contributed by atoms with Crippen LogP contribution in [0.15, 0.2) is 16.7 Å². The number of nitrogens with one attached hydrogen (secondary N) is 1. The lowest BCUT2D eigenvalue weighted by Crippen LogP contribution is -2.23. The van der Waals surface area contributed by atoms with Gasteiger partial charge in [0.25, 0.3) is 0 Å². The minimum absolute atomic E-state index is 0.0454.